The molecule has 0 aliphatic heterocycles. The molecule has 2 nitrogen and oxygen atoms in total. The van der Waals surface area contributed by atoms with Crippen molar-refractivity contribution in [3.63, 3.8) is 0 Å². The van der Waals surface area contributed by atoms with E-state index in [1.807, 2.05) is 18.4 Å². The maximum atomic E-state index is 11.1. The lowest BCUT2D eigenvalue weighted by atomic mass is 10.1. The molecule has 0 saturated heterocycles. The van der Waals surface area contributed by atoms with Gasteiger partial charge >= 0.3 is 5.97 Å². The lowest BCUT2D eigenvalue weighted by Gasteiger charge is -2.23. The first-order valence-corrected chi connectivity index (χ1v) is 5.54. The first-order valence-electron chi connectivity index (χ1n) is 3.86. The average molecular weight is 216 g/mol. The van der Waals surface area contributed by atoms with Gasteiger partial charge in [0.25, 0.3) is 0 Å². The zero-order valence-corrected chi connectivity index (χ0v) is 9.32. The van der Waals surface area contributed by atoms with Gasteiger partial charge in [-0.2, -0.15) is 12.6 Å². The summed E-state index contributed by atoms with van der Waals surface area (Å²) < 4.78 is 4.43. The second kappa shape index (κ2) is 4.24. The molecule has 72 valence electrons. The second-order valence-electron chi connectivity index (χ2n) is 2.74. The van der Waals surface area contributed by atoms with Crippen molar-refractivity contribution in [3.8, 4) is 0 Å². The van der Waals surface area contributed by atoms with Crippen molar-refractivity contribution in [1.82, 2.24) is 0 Å². The van der Waals surface area contributed by atoms with Crippen molar-refractivity contribution in [2.75, 3.05) is 13.4 Å². The standard InChI is InChI=1S/C9H12O2S2/c1-11-8(10)7-3-5-9(12,13-2)6-4-7/h3-5,12H,6H2,1-2H3/t9-/m0/s1. The molecule has 0 unspecified atom stereocenters. The minimum atomic E-state index is -0.285. The Morgan fingerprint density at radius 3 is 2.85 bits per heavy atom. The molecule has 0 aromatic rings. The summed E-state index contributed by atoms with van der Waals surface area (Å²) >= 11 is 6.12. The summed E-state index contributed by atoms with van der Waals surface area (Å²) in [6.45, 7) is 0. The fourth-order valence-corrected chi connectivity index (χ4v) is 1.65. The molecule has 0 amide bonds. The molecular formula is C9H12O2S2. The predicted molar refractivity (Wildman–Crippen MR) is 59.1 cm³/mol. The van der Waals surface area contributed by atoms with Crippen LogP contribution in [0.3, 0.4) is 0 Å². The van der Waals surface area contributed by atoms with Crippen molar-refractivity contribution in [2.24, 2.45) is 0 Å². The summed E-state index contributed by atoms with van der Waals surface area (Å²) in [6.07, 6.45) is 8.29. The van der Waals surface area contributed by atoms with E-state index >= 15 is 0 Å². The molecule has 0 spiro atoms. The van der Waals surface area contributed by atoms with Gasteiger partial charge in [-0.15, -0.1) is 11.8 Å². The molecule has 0 aromatic heterocycles. The second-order valence-corrected chi connectivity index (χ2v) is 4.97. The van der Waals surface area contributed by atoms with E-state index in [-0.39, 0.29) is 10.0 Å². The minimum Gasteiger partial charge on any atom is -0.465 e. The molecule has 0 heterocycles. The Labute approximate surface area is 87.8 Å². The van der Waals surface area contributed by atoms with Crippen LogP contribution in [0.4, 0.5) is 0 Å². The fraction of sp³-hybridized carbons (Fsp3) is 0.444. The molecular weight excluding hydrogens is 204 g/mol. The quantitative estimate of drug-likeness (QED) is 0.434. The van der Waals surface area contributed by atoms with Gasteiger partial charge in [-0.1, -0.05) is 12.2 Å². The van der Waals surface area contributed by atoms with Crippen LogP contribution in [0, 0.1) is 0 Å². The van der Waals surface area contributed by atoms with Crippen LogP contribution in [0.5, 0.6) is 0 Å². The third-order valence-electron chi connectivity index (χ3n) is 1.91. The van der Waals surface area contributed by atoms with Gasteiger partial charge < -0.3 is 4.74 Å². The van der Waals surface area contributed by atoms with E-state index in [4.69, 9.17) is 0 Å². The molecule has 0 saturated carbocycles. The van der Waals surface area contributed by atoms with Gasteiger partial charge in [0.1, 0.15) is 0 Å². The number of thioether (sulfide) groups is 1. The fourth-order valence-electron chi connectivity index (χ4n) is 1.03. The molecule has 0 radical (unpaired) electrons. The molecule has 0 bridgehead atoms. The SMILES string of the molecule is COC(=O)C1=CC[C@@](S)(SC)C=C1. The lowest BCUT2D eigenvalue weighted by Crippen LogP contribution is -2.16. The summed E-state index contributed by atoms with van der Waals surface area (Å²) in [7, 11) is 1.38. The van der Waals surface area contributed by atoms with Gasteiger partial charge in [0.2, 0.25) is 0 Å². The van der Waals surface area contributed by atoms with Crippen molar-refractivity contribution in [1.29, 1.82) is 0 Å². The largest absolute Gasteiger partial charge is 0.465 e. The van der Waals surface area contributed by atoms with E-state index in [0.717, 1.165) is 6.42 Å². The molecule has 1 aliphatic rings. The number of hydrogen-bond donors (Lipinski definition) is 1. The van der Waals surface area contributed by atoms with E-state index in [2.05, 4.69) is 17.4 Å². The van der Waals surface area contributed by atoms with Crippen LogP contribution in [-0.2, 0) is 9.53 Å². The molecule has 0 aromatic carbocycles. The molecule has 1 aliphatic carbocycles. The maximum absolute atomic E-state index is 11.1. The number of carbonyl (C=O) groups is 1. The third-order valence-corrected chi connectivity index (χ3v) is 3.80. The number of thiol groups is 1. The van der Waals surface area contributed by atoms with Crippen molar-refractivity contribution in [2.45, 2.75) is 10.5 Å². The van der Waals surface area contributed by atoms with E-state index in [1.54, 1.807) is 17.8 Å². The number of carbonyl (C=O) groups excluding carboxylic acids is 1. The number of ether oxygens (including phenoxy) is 1. The number of esters is 1. The van der Waals surface area contributed by atoms with Crippen LogP contribution >= 0.6 is 24.4 Å². The average Bonchev–Trinajstić information content (AvgIpc) is 2.18. The third kappa shape index (κ3) is 2.54. The normalized spacial score (nSPS) is 26.8. The summed E-state index contributed by atoms with van der Waals surface area (Å²) in [5, 5.41) is 0. The van der Waals surface area contributed by atoms with Crippen LogP contribution in [-0.4, -0.2) is 23.4 Å². The van der Waals surface area contributed by atoms with Crippen molar-refractivity contribution < 1.29 is 9.53 Å². The van der Waals surface area contributed by atoms with E-state index in [9.17, 15) is 4.79 Å². The van der Waals surface area contributed by atoms with Crippen LogP contribution in [0.15, 0.2) is 23.8 Å². The molecule has 1 atom stereocenters. The highest BCUT2D eigenvalue weighted by Crippen LogP contribution is 2.36. The zero-order valence-electron chi connectivity index (χ0n) is 7.61. The van der Waals surface area contributed by atoms with Crippen LogP contribution < -0.4 is 0 Å². The summed E-state index contributed by atoms with van der Waals surface area (Å²) in [4.78, 5) is 11.1. The summed E-state index contributed by atoms with van der Waals surface area (Å²) in [6, 6.07) is 0. The Bertz CT molecular complexity index is 271. The van der Waals surface area contributed by atoms with Crippen LogP contribution in [0.25, 0.3) is 0 Å². The number of methoxy groups -OCH3 is 1. The van der Waals surface area contributed by atoms with E-state index in [0.29, 0.717) is 5.57 Å². The molecule has 13 heavy (non-hydrogen) atoms. The highest BCUT2D eigenvalue weighted by molar-refractivity contribution is 8.11. The number of hydrogen-bond acceptors (Lipinski definition) is 4. The van der Waals surface area contributed by atoms with E-state index in [1.165, 1.54) is 7.11 Å². The smallest absolute Gasteiger partial charge is 0.337 e. The first-order chi connectivity index (χ1) is 6.11. The lowest BCUT2D eigenvalue weighted by molar-refractivity contribution is -0.135. The van der Waals surface area contributed by atoms with Gasteiger partial charge in [0, 0.05) is 0 Å². The Kier molecular flexibility index (Phi) is 3.50. The molecule has 4 heteroatoms. The Morgan fingerprint density at radius 1 is 1.77 bits per heavy atom. The van der Waals surface area contributed by atoms with Gasteiger partial charge in [-0.25, -0.2) is 4.79 Å². The van der Waals surface area contributed by atoms with Crippen LogP contribution in [0.2, 0.25) is 0 Å². The summed E-state index contributed by atoms with van der Waals surface area (Å²) in [5.74, 6) is -0.285. The number of allylic oxidation sites excluding steroid dienone is 1. The number of rotatable bonds is 2. The zero-order chi connectivity index (χ0) is 9.90. The van der Waals surface area contributed by atoms with Gasteiger partial charge in [0.05, 0.1) is 16.8 Å². The molecule has 1 rings (SSSR count). The molecule has 0 fully saturated rings. The van der Waals surface area contributed by atoms with E-state index < -0.39 is 0 Å². The Balaban J connectivity index is 2.70. The predicted octanol–water partition coefficient (Wildman–Crippen LogP) is 2.03. The Morgan fingerprint density at radius 2 is 2.46 bits per heavy atom. The summed E-state index contributed by atoms with van der Waals surface area (Å²) in [5.41, 5.74) is 0.612. The molecule has 0 N–H and O–H groups in total. The highest BCUT2D eigenvalue weighted by atomic mass is 32.2. The monoisotopic (exact) mass is 216 g/mol. The first kappa shape index (κ1) is 10.7. The van der Waals surface area contributed by atoms with Crippen molar-refractivity contribution >= 4 is 30.4 Å². The van der Waals surface area contributed by atoms with Crippen molar-refractivity contribution in [3.05, 3.63) is 23.8 Å². The van der Waals surface area contributed by atoms with Gasteiger partial charge in [-0.3, -0.25) is 0 Å². The maximum Gasteiger partial charge on any atom is 0.337 e. The highest BCUT2D eigenvalue weighted by Gasteiger charge is 2.23. The Hall–Kier alpha value is -0.350. The van der Waals surface area contributed by atoms with Crippen LogP contribution in [0.1, 0.15) is 6.42 Å². The topological polar surface area (TPSA) is 26.3 Å². The van der Waals surface area contributed by atoms with Gasteiger partial charge in [-0.05, 0) is 18.8 Å². The van der Waals surface area contributed by atoms with Gasteiger partial charge in [0.15, 0.2) is 0 Å². The minimum absolute atomic E-state index is 0.169.